The third-order valence-corrected chi connectivity index (χ3v) is 2.14. The summed E-state index contributed by atoms with van der Waals surface area (Å²) in [4.78, 5) is 11.3. The molecule has 0 atom stereocenters. The first kappa shape index (κ1) is 15.8. The fourth-order valence-electron chi connectivity index (χ4n) is 1.34. The van der Waals surface area contributed by atoms with Crippen LogP contribution in [0.3, 0.4) is 0 Å². The van der Waals surface area contributed by atoms with Gasteiger partial charge >= 0.3 is 6.09 Å². The van der Waals surface area contributed by atoms with E-state index in [0.29, 0.717) is 5.75 Å². The minimum Gasteiger partial charge on any atom is -0.492 e. The van der Waals surface area contributed by atoms with E-state index in [9.17, 15) is 9.18 Å². The van der Waals surface area contributed by atoms with Crippen molar-refractivity contribution in [3.05, 3.63) is 29.6 Å². The van der Waals surface area contributed by atoms with Crippen LogP contribution in [0.15, 0.2) is 18.2 Å². The molecule has 0 fully saturated rings. The van der Waals surface area contributed by atoms with Crippen LogP contribution >= 0.6 is 0 Å². The van der Waals surface area contributed by atoms with E-state index in [1.54, 1.807) is 26.8 Å². The lowest BCUT2D eigenvalue weighted by Crippen LogP contribution is -2.34. The van der Waals surface area contributed by atoms with Gasteiger partial charge in [-0.3, -0.25) is 0 Å². The Bertz CT molecular complexity index is 515. The van der Waals surface area contributed by atoms with Gasteiger partial charge in [0.05, 0.1) is 12.1 Å². The third kappa shape index (κ3) is 5.61. The highest BCUT2D eigenvalue weighted by molar-refractivity contribution is 5.67. The Balaban J connectivity index is 2.33. The predicted octanol–water partition coefficient (Wildman–Crippen LogP) is 2.71. The Morgan fingerprint density at radius 1 is 1.45 bits per heavy atom. The van der Waals surface area contributed by atoms with E-state index in [0.717, 1.165) is 0 Å². The van der Waals surface area contributed by atoms with Crippen LogP contribution in [0, 0.1) is 18.2 Å². The summed E-state index contributed by atoms with van der Waals surface area (Å²) in [5.41, 5.74) is -0.358. The smallest absolute Gasteiger partial charge is 0.407 e. The molecule has 0 aromatic heterocycles. The summed E-state index contributed by atoms with van der Waals surface area (Å²) < 4.78 is 23.7. The second kappa shape index (κ2) is 6.80. The third-order valence-electron chi connectivity index (χ3n) is 2.14. The van der Waals surface area contributed by atoms with Crippen molar-refractivity contribution in [1.82, 2.24) is 5.32 Å². The minimum atomic E-state index is -0.543. The van der Waals surface area contributed by atoms with Gasteiger partial charge in [-0.2, -0.15) is 0 Å². The first-order chi connectivity index (χ1) is 9.31. The highest BCUT2D eigenvalue weighted by Gasteiger charge is 2.15. The van der Waals surface area contributed by atoms with Crippen molar-refractivity contribution in [2.75, 3.05) is 13.2 Å². The molecule has 1 amide bonds. The number of amides is 1. The van der Waals surface area contributed by atoms with Gasteiger partial charge in [-0.05, 0) is 32.9 Å². The molecule has 0 aliphatic carbocycles. The zero-order valence-corrected chi connectivity index (χ0v) is 11.8. The molecule has 0 unspecified atom stereocenters. The number of hydrogen-bond acceptors (Lipinski definition) is 3. The number of nitrogens with one attached hydrogen (secondary N) is 1. The average molecular weight is 279 g/mol. The lowest BCUT2D eigenvalue weighted by Gasteiger charge is -2.19. The molecule has 0 saturated heterocycles. The van der Waals surface area contributed by atoms with Gasteiger partial charge in [-0.25, -0.2) is 9.18 Å². The van der Waals surface area contributed by atoms with Crippen molar-refractivity contribution >= 4 is 6.09 Å². The zero-order valence-electron chi connectivity index (χ0n) is 11.8. The summed E-state index contributed by atoms with van der Waals surface area (Å²) in [7, 11) is 0. The highest BCUT2D eigenvalue weighted by Crippen LogP contribution is 2.15. The van der Waals surface area contributed by atoms with E-state index in [1.807, 2.05) is 0 Å². The van der Waals surface area contributed by atoms with Crippen molar-refractivity contribution in [1.29, 1.82) is 0 Å². The molecule has 20 heavy (non-hydrogen) atoms. The number of halogens is 1. The molecule has 1 N–H and O–H groups in total. The van der Waals surface area contributed by atoms with Gasteiger partial charge in [0.15, 0.2) is 0 Å². The summed E-state index contributed by atoms with van der Waals surface area (Å²) in [6, 6.07) is 4.25. The number of terminal acetylenes is 1. The summed E-state index contributed by atoms with van der Waals surface area (Å²) >= 11 is 0. The lowest BCUT2D eigenvalue weighted by molar-refractivity contribution is 0.0520. The second-order valence-electron chi connectivity index (χ2n) is 5.06. The van der Waals surface area contributed by atoms with E-state index < -0.39 is 17.5 Å². The number of ether oxygens (including phenoxy) is 2. The van der Waals surface area contributed by atoms with Crippen LogP contribution in [0.2, 0.25) is 0 Å². The molecule has 0 radical (unpaired) electrons. The van der Waals surface area contributed by atoms with Crippen LogP contribution in [0.25, 0.3) is 0 Å². The lowest BCUT2D eigenvalue weighted by atomic mass is 10.2. The minimum absolute atomic E-state index is 0.184. The first-order valence-corrected chi connectivity index (χ1v) is 6.17. The van der Waals surface area contributed by atoms with Crippen molar-refractivity contribution in [3.8, 4) is 18.1 Å². The maximum Gasteiger partial charge on any atom is 0.407 e. The van der Waals surface area contributed by atoms with E-state index >= 15 is 0 Å². The van der Waals surface area contributed by atoms with E-state index in [1.165, 1.54) is 12.1 Å². The van der Waals surface area contributed by atoms with E-state index in [4.69, 9.17) is 15.9 Å². The molecule has 1 aromatic rings. The molecule has 0 aliphatic heterocycles. The van der Waals surface area contributed by atoms with Gasteiger partial charge in [-0.1, -0.05) is 5.92 Å². The number of benzene rings is 1. The summed E-state index contributed by atoms with van der Waals surface area (Å²) in [5.74, 6) is 2.07. The molecule has 1 rings (SSSR count). The summed E-state index contributed by atoms with van der Waals surface area (Å²) in [6.45, 7) is 5.79. The topological polar surface area (TPSA) is 47.6 Å². The number of alkyl carbamates (subject to hydrolysis) is 1. The Morgan fingerprint density at radius 3 is 2.70 bits per heavy atom. The molecule has 0 bridgehead atoms. The fourth-order valence-corrected chi connectivity index (χ4v) is 1.34. The Kier molecular flexibility index (Phi) is 5.39. The van der Waals surface area contributed by atoms with Gasteiger partial charge < -0.3 is 14.8 Å². The predicted molar refractivity (Wildman–Crippen MR) is 74.1 cm³/mol. The van der Waals surface area contributed by atoms with Crippen molar-refractivity contribution in [2.24, 2.45) is 0 Å². The van der Waals surface area contributed by atoms with Gasteiger partial charge in [0.2, 0.25) is 0 Å². The normalized spacial score (nSPS) is 10.6. The fraction of sp³-hybridized carbons (Fsp3) is 0.400. The van der Waals surface area contributed by atoms with Crippen LogP contribution in [-0.4, -0.2) is 24.8 Å². The molecule has 1 aromatic carbocycles. The molecule has 0 spiro atoms. The SMILES string of the molecule is C#Cc1ccc(OCCNC(=O)OC(C)(C)C)cc1F. The maximum absolute atomic E-state index is 13.4. The number of carbonyl (C=O) groups excluding carboxylic acids is 1. The zero-order chi connectivity index (χ0) is 15.2. The number of hydrogen-bond donors (Lipinski definition) is 1. The Labute approximate surface area is 118 Å². The van der Waals surface area contributed by atoms with Gasteiger partial charge in [0, 0.05) is 6.07 Å². The summed E-state index contributed by atoms with van der Waals surface area (Å²) in [5, 5.41) is 2.53. The summed E-state index contributed by atoms with van der Waals surface area (Å²) in [6.07, 6.45) is 4.60. The quantitative estimate of drug-likeness (QED) is 0.681. The Hall–Kier alpha value is -2.22. The first-order valence-electron chi connectivity index (χ1n) is 6.17. The number of rotatable bonds is 4. The van der Waals surface area contributed by atoms with Gasteiger partial charge in [0.25, 0.3) is 0 Å². The standard InChI is InChI=1S/C15H18FNO3/c1-5-11-6-7-12(10-13(11)16)19-9-8-17-14(18)20-15(2,3)4/h1,6-7,10H,8-9H2,2-4H3,(H,17,18). The number of carbonyl (C=O) groups is 1. The largest absolute Gasteiger partial charge is 0.492 e. The van der Waals surface area contributed by atoms with Crippen LogP contribution in [0.4, 0.5) is 9.18 Å². The van der Waals surface area contributed by atoms with Crippen LogP contribution < -0.4 is 10.1 Å². The van der Waals surface area contributed by atoms with Crippen molar-refractivity contribution in [2.45, 2.75) is 26.4 Å². The Morgan fingerprint density at radius 2 is 2.15 bits per heavy atom. The van der Waals surface area contributed by atoms with Crippen molar-refractivity contribution < 1.29 is 18.7 Å². The molecule has 0 aliphatic rings. The maximum atomic E-state index is 13.4. The van der Waals surface area contributed by atoms with Crippen LogP contribution in [-0.2, 0) is 4.74 Å². The highest BCUT2D eigenvalue weighted by atomic mass is 19.1. The molecule has 4 nitrogen and oxygen atoms in total. The molecule has 5 heteroatoms. The van der Waals surface area contributed by atoms with Crippen LogP contribution in [0.1, 0.15) is 26.3 Å². The van der Waals surface area contributed by atoms with Gasteiger partial charge in [0.1, 0.15) is 23.8 Å². The van der Waals surface area contributed by atoms with E-state index in [2.05, 4.69) is 11.2 Å². The molecule has 0 heterocycles. The van der Waals surface area contributed by atoms with E-state index in [-0.39, 0.29) is 18.7 Å². The molecular weight excluding hydrogens is 261 g/mol. The average Bonchev–Trinajstić information content (AvgIpc) is 2.33. The molecule has 108 valence electrons. The molecular formula is C15H18FNO3. The van der Waals surface area contributed by atoms with Crippen molar-refractivity contribution in [3.63, 3.8) is 0 Å². The van der Waals surface area contributed by atoms with Crippen LogP contribution in [0.5, 0.6) is 5.75 Å². The van der Waals surface area contributed by atoms with Gasteiger partial charge in [-0.15, -0.1) is 6.42 Å². The second-order valence-corrected chi connectivity index (χ2v) is 5.06. The monoisotopic (exact) mass is 279 g/mol. The molecule has 0 saturated carbocycles.